The third-order valence-electron chi connectivity index (χ3n) is 8.07. The second kappa shape index (κ2) is 6.73. The molecule has 4 heterocycles. The number of para-hydroxylation sites is 1. The van der Waals surface area contributed by atoms with Gasteiger partial charge in [0.2, 0.25) is 10.0 Å². The minimum Gasteiger partial charge on any atom is -0.380 e. The molecule has 6 rings (SSSR count). The zero-order valence-electron chi connectivity index (χ0n) is 17.3. The minimum atomic E-state index is -3.49. The molecule has 1 aromatic heterocycles. The molecule has 6 nitrogen and oxygen atoms in total. The molecule has 3 aliphatic heterocycles. The van der Waals surface area contributed by atoms with Gasteiger partial charge in [0.1, 0.15) is 4.90 Å². The van der Waals surface area contributed by atoms with Crippen molar-refractivity contribution in [1.82, 2.24) is 14.2 Å². The van der Waals surface area contributed by atoms with Crippen LogP contribution < -0.4 is 0 Å². The Bertz CT molecular complexity index is 1070. The lowest BCUT2D eigenvalue weighted by atomic mass is 9.75. The van der Waals surface area contributed by atoms with E-state index in [1.54, 1.807) is 10.4 Å². The number of aromatic nitrogens is 1. The van der Waals surface area contributed by atoms with Crippen LogP contribution in [-0.2, 0) is 14.8 Å². The third-order valence-corrected chi connectivity index (χ3v) is 9.94. The van der Waals surface area contributed by atoms with Crippen molar-refractivity contribution < 1.29 is 13.2 Å². The number of fused-ring (bicyclic) bond motifs is 1. The van der Waals surface area contributed by atoms with Crippen LogP contribution in [0.15, 0.2) is 41.4 Å². The predicted molar refractivity (Wildman–Crippen MR) is 115 cm³/mol. The number of likely N-dealkylation sites (tertiary alicyclic amines) is 1. The summed E-state index contributed by atoms with van der Waals surface area (Å²) in [7, 11) is -3.49. The molecule has 4 aliphatic rings. The Morgan fingerprint density at radius 3 is 2.53 bits per heavy atom. The lowest BCUT2D eigenvalue weighted by Gasteiger charge is -2.57. The van der Waals surface area contributed by atoms with E-state index in [9.17, 15) is 8.42 Å². The largest absolute Gasteiger partial charge is 0.380 e. The van der Waals surface area contributed by atoms with Crippen LogP contribution in [0.4, 0.5) is 0 Å². The van der Waals surface area contributed by atoms with Gasteiger partial charge in [-0.3, -0.25) is 9.88 Å². The van der Waals surface area contributed by atoms with Gasteiger partial charge in [0, 0.05) is 49.2 Å². The number of hydrogen-bond acceptors (Lipinski definition) is 5. The third kappa shape index (κ3) is 3.01. The van der Waals surface area contributed by atoms with Gasteiger partial charge in [-0.15, -0.1) is 0 Å². The van der Waals surface area contributed by atoms with Gasteiger partial charge < -0.3 is 4.74 Å². The Kier molecular flexibility index (Phi) is 4.30. The first-order chi connectivity index (χ1) is 14.5. The number of rotatable bonds is 3. The second-order valence-electron chi connectivity index (χ2n) is 10.1. The highest BCUT2D eigenvalue weighted by molar-refractivity contribution is 7.89. The summed E-state index contributed by atoms with van der Waals surface area (Å²) in [5, 5.41) is 0.870. The van der Waals surface area contributed by atoms with Crippen molar-refractivity contribution >= 4 is 20.9 Å². The molecule has 160 valence electrons. The van der Waals surface area contributed by atoms with Crippen LogP contribution in [0.1, 0.15) is 32.1 Å². The maximum atomic E-state index is 13.2. The molecule has 0 N–H and O–H groups in total. The van der Waals surface area contributed by atoms with Gasteiger partial charge in [-0.05, 0) is 49.7 Å². The number of hydrogen-bond donors (Lipinski definition) is 0. The Morgan fingerprint density at radius 1 is 1.03 bits per heavy atom. The van der Waals surface area contributed by atoms with Crippen molar-refractivity contribution in [3.8, 4) is 0 Å². The van der Waals surface area contributed by atoms with E-state index in [-0.39, 0.29) is 0 Å². The monoisotopic (exact) mass is 427 g/mol. The topological polar surface area (TPSA) is 62.7 Å². The molecule has 1 saturated carbocycles. The molecule has 3 saturated heterocycles. The number of nitrogens with zero attached hydrogens (tertiary/aromatic N) is 3. The fourth-order valence-corrected chi connectivity index (χ4v) is 7.55. The summed E-state index contributed by atoms with van der Waals surface area (Å²) in [5.41, 5.74) is 1.63. The van der Waals surface area contributed by atoms with Crippen molar-refractivity contribution in [2.45, 2.75) is 43.0 Å². The van der Waals surface area contributed by atoms with E-state index in [1.807, 2.05) is 24.3 Å². The molecule has 30 heavy (non-hydrogen) atoms. The summed E-state index contributed by atoms with van der Waals surface area (Å²) in [4.78, 5) is 7.33. The Balaban J connectivity index is 1.12. The quantitative estimate of drug-likeness (QED) is 0.754. The molecular weight excluding hydrogens is 398 g/mol. The number of sulfonamides is 1. The van der Waals surface area contributed by atoms with Gasteiger partial charge in [0.25, 0.3) is 0 Å². The second-order valence-corrected chi connectivity index (χ2v) is 12.0. The van der Waals surface area contributed by atoms with Crippen LogP contribution in [-0.4, -0.2) is 68.0 Å². The highest BCUT2D eigenvalue weighted by atomic mass is 32.2. The van der Waals surface area contributed by atoms with E-state index < -0.39 is 10.0 Å². The maximum Gasteiger partial charge on any atom is 0.244 e. The highest BCUT2D eigenvalue weighted by Crippen LogP contribution is 2.51. The lowest BCUT2D eigenvalue weighted by Crippen LogP contribution is -2.67. The number of ether oxygens (including phenoxy) is 1. The van der Waals surface area contributed by atoms with Gasteiger partial charge in [0.05, 0.1) is 18.7 Å². The molecule has 2 aromatic rings. The summed E-state index contributed by atoms with van der Waals surface area (Å²) in [5.74, 6) is 0. The van der Waals surface area contributed by atoms with Gasteiger partial charge >= 0.3 is 0 Å². The molecule has 7 heteroatoms. The Labute approximate surface area is 178 Å². The summed E-state index contributed by atoms with van der Waals surface area (Å²) in [6, 6.07) is 10.1. The van der Waals surface area contributed by atoms with Crippen LogP contribution in [0.2, 0.25) is 0 Å². The van der Waals surface area contributed by atoms with Crippen molar-refractivity contribution in [1.29, 1.82) is 0 Å². The zero-order chi connectivity index (χ0) is 20.4. The van der Waals surface area contributed by atoms with E-state index in [0.717, 1.165) is 37.0 Å². The van der Waals surface area contributed by atoms with Gasteiger partial charge in [-0.2, -0.15) is 4.31 Å². The first-order valence-electron chi connectivity index (χ1n) is 11.1. The van der Waals surface area contributed by atoms with Gasteiger partial charge in [0.15, 0.2) is 0 Å². The number of piperidine rings is 1. The van der Waals surface area contributed by atoms with Crippen molar-refractivity contribution in [2.75, 3.05) is 39.4 Å². The van der Waals surface area contributed by atoms with Crippen molar-refractivity contribution in [2.24, 2.45) is 10.8 Å². The van der Waals surface area contributed by atoms with E-state index >= 15 is 0 Å². The van der Waals surface area contributed by atoms with E-state index in [4.69, 9.17) is 4.74 Å². The van der Waals surface area contributed by atoms with E-state index in [1.165, 1.54) is 38.5 Å². The van der Waals surface area contributed by atoms with Crippen molar-refractivity contribution in [3.63, 3.8) is 0 Å². The fourth-order valence-electron chi connectivity index (χ4n) is 6.13. The lowest BCUT2D eigenvalue weighted by molar-refractivity contribution is -0.198. The summed E-state index contributed by atoms with van der Waals surface area (Å²) >= 11 is 0. The minimum absolute atomic E-state index is 0.315. The molecule has 0 radical (unpaired) electrons. The first kappa shape index (κ1) is 19.2. The van der Waals surface area contributed by atoms with Crippen LogP contribution in [0.3, 0.4) is 0 Å². The van der Waals surface area contributed by atoms with E-state index in [0.29, 0.717) is 34.9 Å². The molecule has 0 bridgehead atoms. The molecule has 1 aromatic carbocycles. The standard InChI is InChI=1S/C23H29N3O3S/c27-30(28,20-11-18-3-1-2-4-21(18)24-13-20)26-9-7-22(8-10-26)6-5-19(12-22)25-14-23(15-25)16-29-17-23/h1-4,11,13,19H,5-10,12,14-17H2. The smallest absolute Gasteiger partial charge is 0.244 e. The molecule has 4 fully saturated rings. The van der Waals surface area contributed by atoms with Crippen molar-refractivity contribution in [3.05, 3.63) is 36.5 Å². The van der Waals surface area contributed by atoms with E-state index in [2.05, 4.69) is 9.88 Å². The highest BCUT2D eigenvalue weighted by Gasteiger charge is 2.53. The van der Waals surface area contributed by atoms with Gasteiger partial charge in [-0.1, -0.05) is 18.2 Å². The summed E-state index contributed by atoms with van der Waals surface area (Å²) < 4.78 is 33.6. The number of pyridine rings is 1. The molecule has 1 aliphatic carbocycles. The average Bonchev–Trinajstić information content (AvgIpc) is 3.09. The van der Waals surface area contributed by atoms with Crippen LogP contribution in [0.25, 0.3) is 10.9 Å². The molecule has 1 unspecified atom stereocenters. The first-order valence-corrected chi connectivity index (χ1v) is 12.6. The van der Waals surface area contributed by atoms with Crippen LogP contribution >= 0.6 is 0 Å². The number of benzene rings is 1. The SMILES string of the molecule is O=S(=O)(c1cnc2ccccc2c1)N1CCC2(CCC(N3CC4(COC4)C3)C2)CC1. The maximum absolute atomic E-state index is 13.2. The Hall–Kier alpha value is -1.54. The summed E-state index contributed by atoms with van der Waals surface area (Å²) in [6.45, 7) is 5.53. The fraction of sp³-hybridized carbons (Fsp3) is 0.609. The van der Waals surface area contributed by atoms with Gasteiger partial charge in [-0.25, -0.2) is 8.42 Å². The predicted octanol–water partition coefficient (Wildman–Crippen LogP) is 2.89. The van der Waals surface area contributed by atoms with Crippen LogP contribution in [0, 0.1) is 10.8 Å². The molecular formula is C23H29N3O3S. The Morgan fingerprint density at radius 2 is 1.80 bits per heavy atom. The average molecular weight is 428 g/mol. The zero-order valence-corrected chi connectivity index (χ0v) is 18.1. The molecule has 1 atom stereocenters. The summed E-state index contributed by atoms with van der Waals surface area (Å²) in [6.07, 6.45) is 7.20. The molecule has 0 amide bonds. The normalized spacial score (nSPS) is 28.6. The van der Waals surface area contributed by atoms with Crippen LogP contribution in [0.5, 0.6) is 0 Å². The molecule has 2 spiro atoms.